The van der Waals surface area contributed by atoms with E-state index >= 15 is 0 Å². The first-order chi connectivity index (χ1) is 9.97. The molecule has 2 aromatic rings. The molecule has 0 aliphatic carbocycles. The summed E-state index contributed by atoms with van der Waals surface area (Å²) in [6.45, 7) is 3.69. The third kappa shape index (κ3) is 4.22. The molecule has 0 unspecified atom stereocenters. The number of amides is 1. The highest BCUT2D eigenvalue weighted by Crippen LogP contribution is 2.21. The normalized spacial score (nSPS) is 10.7. The maximum atomic E-state index is 13.5. The number of hydrogen-bond donors (Lipinski definition) is 1. The van der Waals surface area contributed by atoms with Gasteiger partial charge in [-0.25, -0.2) is 4.39 Å². The van der Waals surface area contributed by atoms with Gasteiger partial charge in [-0.05, 0) is 32.0 Å². The van der Waals surface area contributed by atoms with Crippen LogP contribution in [0.2, 0.25) is 5.02 Å². The number of thioether (sulfide) groups is 1. The highest BCUT2D eigenvalue weighted by molar-refractivity contribution is 7.99. The van der Waals surface area contributed by atoms with E-state index in [0.29, 0.717) is 10.8 Å². The number of nitrogens with one attached hydrogen (secondary N) is 1. The number of benzene rings is 1. The average molecular weight is 329 g/mol. The van der Waals surface area contributed by atoms with Crippen molar-refractivity contribution in [3.05, 3.63) is 46.1 Å². The minimum absolute atomic E-state index is 0.127. The Hall–Kier alpha value is -1.53. The predicted molar refractivity (Wildman–Crippen MR) is 82.2 cm³/mol. The molecule has 112 valence electrons. The van der Waals surface area contributed by atoms with Crippen molar-refractivity contribution >= 4 is 35.0 Å². The van der Waals surface area contributed by atoms with E-state index < -0.39 is 5.82 Å². The molecule has 21 heavy (non-hydrogen) atoms. The largest absolute Gasteiger partial charge is 0.361 e. The van der Waals surface area contributed by atoms with Crippen molar-refractivity contribution in [2.45, 2.75) is 19.6 Å². The smallest absolute Gasteiger partial charge is 0.234 e. The molecule has 0 radical (unpaired) electrons. The molecule has 2 rings (SSSR count). The Morgan fingerprint density at radius 2 is 2.24 bits per heavy atom. The van der Waals surface area contributed by atoms with Crippen molar-refractivity contribution in [2.75, 3.05) is 11.1 Å². The van der Waals surface area contributed by atoms with E-state index in [9.17, 15) is 9.18 Å². The molecular weight excluding hydrogens is 315 g/mol. The quantitative estimate of drug-likeness (QED) is 0.902. The molecule has 0 aliphatic heterocycles. The number of rotatable bonds is 5. The third-order valence-corrected chi connectivity index (χ3v) is 4.06. The third-order valence-electron chi connectivity index (χ3n) is 2.87. The number of aromatic nitrogens is 1. The Balaban J connectivity index is 1.85. The van der Waals surface area contributed by atoms with Crippen LogP contribution in [0.25, 0.3) is 0 Å². The lowest BCUT2D eigenvalue weighted by Crippen LogP contribution is -2.15. The van der Waals surface area contributed by atoms with Crippen molar-refractivity contribution in [1.82, 2.24) is 5.16 Å². The summed E-state index contributed by atoms with van der Waals surface area (Å²) in [5, 5.41) is 6.65. The van der Waals surface area contributed by atoms with E-state index in [-0.39, 0.29) is 17.3 Å². The van der Waals surface area contributed by atoms with E-state index in [1.807, 2.05) is 13.8 Å². The summed E-state index contributed by atoms with van der Waals surface area (Å²) in [6, 6.07) is 4.12. The summed E-state index contributed by atoms with van der Waals surface area (Å²) in [4.78, 5) is 11.8. The fourth-order valence-corrected chi connectivity index (χ4v) is 2.87. The summed E-state index contributed by atoms with van der Waals surface area (Å²) < 4.78 is 18.6. The van der Waals surface area contributed by atoms with Crippen molar-refractivity contribution in [1.29, 1.82) is 0 Å². The minimum atomic E-state index is -0.549. The van der Waals surface area contributed by atoms with Crippen LogP contribution in [0.3, 0.4) is 0 Å². The Labute approximate surface area is 131 Å². The Kier molecular flexibility index (Phi) is 5.25. The molecule has 7 heteroatoms. The second-order valence-corrected chi connectivity index (χ2v) is 5.89. The molecule has 0 saturated heterocycles. The zero-order chi connectivity index (χ0) is 15.4. The molecule has 1 aromatic carbocycles. The molecule has 4 nitrogen and oxygen atoms in total. The van der Waals surface area contributed by atoms with Gasteiger partial charge in [-0.15, -0.1) is 11.8 Å². The zero-order valence-electron chi connectivity index (χ0n) is 11.6. The van der Waals surface area contributed by atoms with Crippen molar-refractivity contribution in [3.8, 4) is 0 Å². The highest BCUT2D eigenvalue weighted by atomic mass is 35.5. The molecule has 0 saturated carbocycles. The number of carbonyl (C=O) groups is 1. The Morgan fingerprint density at radius 3 is 2.86 bits per heavy atom. The first kappa shape index (κ1) is 15.9. The summed E-state index contributed by atoms with van der Waals surface area (Å²) in [7, 11) is 0. The van der Waals surface area contributed by atoms with Gasteiger partial charge in [0, 0.05) is 16.3 Å². The summed E-state index contributed by atoms with van der Waals surface area (Å²) in [5.74, 6) is 0.771. The van der Waals surface area contributed by atoms with Crippen LogP contribution in [0.5, 0.6) is 0 Å². The lowest BCUT2D eigenvalue weighted by Gasteiger charge is -2.06. The van der Waals surface area contributed by atoms with Crippen molar-refractivity contribution in [3.63, 3.8) is 0 Å². The number of hydrogen-bond acceptors (Lipinski definition) is 4. The van der Waals surface area contributed by atoms with Crippen LogP contribution < -0.4 is 5.32 Å². The lowest BCUT2D eigenvalue weighted by atomic mass is 10.2. The number of nitrogens with zero attached hydrogens (tertiary/aromatic N) is 1. The lowest BCUT2D eigenvalue weighted by molar-refractivity contribution is -0.113. The van der Waals surface area contributed by atoms with E-state index in [1.165, 1.54) is 23.9 Å². The van der Waals surface area contributed by atoms with Crippen LogP contribution >= 0.6 is 23.4 Å². The fourth-order valence-electron chi connectivity index (χ4n) is 1.73. The van der Waals surface area contributed by atoms with Gasteiger partial charge in [-0.1, -0.05) is 16.8 Å². The Bertz CT molecular complexity index is 641. The number of carbonyl (C=O) groups excluding carboxylic acids is 1. The predicted octanol–water partition coefficient (Wildman–Crippen LogP) is 3.96. The highest BCUT2D eigenvalue weighted by Gasteiger charge is 2.11. The van der Waals surface area contributed by atoms with Gasteiger partial charge < -0.3 is 9.84 Å². The van der Waals surface area contributed by atoms with Gasteiger partial charge in [0.1, 0.15) is 11.6 Å². The van der Waals surface area contributed by atoms with Gasteiger partial charge in [0.15, 0.2) is 0 Å². The first-order valence-corrected chi connectivity index (χ1v) is 7.75. The minimum Gasteiger partial charge on any atom is -0.361 e. The molecule has 1 heterocycles. The van der Waals surface area contributed by atoms with Gasteiger partial charge in [-0.3, -0.25) is 4.79 Å². The van der Waals surface area contributed by atoms with Crippen molar-refractivity contribution in [2.24, 2.45) is 0 Å². The van der Waals surface area contributed by atoms with E-state index in [1.54, 1.807) is 0 Å². The van der Waals surface area contributed by atoms with Crippen molar-refractivity contribution < 1.29 is 13.7 Å². The second-order valence-electron chi connectivity index (χ2n) is 4.47. The Morgan fingerprint density at radius 1 is 1.48 bits per heavy atom. The standard InChI is InChI=1S/C14H14ClFN2O2S/c1-8-11(9(2)20-18-8)6-21-7-14(19)17-13-4-3-10(15)5-12(13)16/h3-5H,6-7H2,1-2H3,(H,17,19). The maximum absolute atomic E-state index is 13.5. The number of anilines is 1. The van der Waals surface area contributed by atoms with Crippen LogP contribution in [-0.2, 0) is 10.5 Å². The molecule has 0 aliphatic rings. The van der Waals surface area contributed by atoms with Gasteiger partial charge in [0.05, 0.1) is 17.1 Å². The molecule has 1 amide bonds. The van der Waals surface area contributed by atoms with E-state index in [4.69, 9.17) is 16.1 Å². The van der Waals surface area contributed by atoms with Crippen LogP contribution in [0.1, 0.15) is 17.0 Å². The van der Waals surface area contributed by atoms with Gasteiger partial charge >= 0.3 is 0 Å². The van der Waals surface area contributed by atoms with Gasteiger partial charge in [0.25, 0.3) is 0 Å². The SMILES string of the molecule is Cc1noc(C)c1CSCC(=O)Nc1ccc(Cl)cc1F. The fraction of sp³-hybridized carbons (Fsp3) is 0.286. The van der Waals surface area contributed by atoms with Crippen LogP contribution in [0, 0.1) is 19.7 Å². The molecule has 1 aromatic heterocycles. The van der Waals surface area contributed by atoms with Gasteiger partial charge in [0.2, 0.25) is 5.91 Å². The molecule has 0 fully saturated rings. The summed E-state index contributed by atoms with van der Waals surface area (Å²) >= 11 is 7.07. The topological polar surface area (TPSA) is 55.1 Å². The molecule has 1 N–H and O–H groups in total. The molecule has 0 bridgehead atoms. The first-order valence-electron chi connectivity index (χ1n) is 6.21. The van der Waals surface area contributed by atoms with Crippen LogP contribution in [0.15, 0.2) is 22.7 Å². The summed E-state index contributed by atoms with van der Waals surface area (Å²) in [5.41, 5.74) is 1.94. The molecule has 0 spiro atoms. The average Bonchev–Trinajstić information content (AvgIpc) is 2.74. The molecule has 0 atom stereocenters. The number of halogens is 2. The van der Waals surface area contributed by atoms with Crippen LogP contribution in [-0.4, -0.2) is 16.8 Å². The maximum Gasteiger partial charge on any atom is 0.234 e. The molecular formula is C14H14ClFN2O2S. The monoisotopic (exact) mass is 328 g/mol. The number of aryl methyl sites for hydroxylation is 2. The van der Waals surface area contributed by atoms with Crippen LogP contribution in [0.4, 0.5) is 10.1 Å². The zero-order valence-corrected chi connectivity index (χ0v) is 13.1. The van der Waals surface area contributed by atoms with E-state index in [0.717, 1.165) is 23.1 Å². The van der Waals surface area contributed by atoms with Gasteiger partial charge in [-0.2, -0.15) is 0 Å². The second kappa shape index (κ2) is 6.95. The van der Waals surface area contributed by atoms with E-state index in [2.05, 4.69) is 10.5 Å². The summed E-state index contributed by atoms with van der Waals surface area (Å²) in [6.07, 6.45) is 0.